The first-order valence-electron chi connectivity index (χ1n) is 6.08. The molecule has 1 saturated carbocycles. The van der Waals surface area contributed by atoms with E-state index in [0.717, 1.165) is 17.5 Å². The minimum absolute atomic E-state index is 0.627. The first kappa shape index (κ1) is 11.9. The monoisotopic (exact) mass is 240 g/mol. The van der Waals surface area contributed by atoms with Crippen molar-refractivity contribution < 1.29 is 0 Å². The summed E-state index contributed by atoms with van der Waals surface area (Å²) in [5, 5.41) is 12.2. The zero-order valence-electron chi connectivity index (χ0n) is 9.99. The van der Waals surface area contributed by atoms with Gasteiger partial charge in [-0.05, 0) is 26.3 Å². The molecule has 2 unspecified atom stereocenters. The molecule has 90 valence electrons. The number of nitrogens with zero attached hydrogens (tertiary/aromatic N) is 2. The zero-order valence-corrected chi connectivity index (χ0v) is 10.8. The molecule has 16 heavy (non-hydrogen) atoms. The van der Waals surface area contributed by atoms with Crippen molar-refractivity contribution in [3.05, 3.63) is 5.82 Å². The average molecular weight is 240 g/mol. The molecule has 1 aromatic heterocycles. The first-order valence-corrected chi connectivity index (χ1v) is 6.96. The van der Waals surface area contributed by atoms with Crippen LogP contribution in [0.3, 0.4) is 0 Å². The Hall–Kier alpha value is -0.550. The second-order valence-electron chi connectivity index (χ2n) is 4.31. The van der Waals surface area contributed by atoms with Crippen LogP contribution in [0.1, 0.15) is 38.4 Å². The fourth-order valence-corrected chi connectivity index (χ4v) is 3.48. The third-order valence-corrected chi connectivity index (χ3v) is 4.26. The Kier molecular flexibility index (Phi) is 4.23. The minimum atomic E-state index is 0.627. The SMILES string of the molecule is CCNC1CCCCC1Sc1n[nH]c(C)n1. The van der Waals surface area contributed by atoms with Gasteiger partial charge in [-0.2, -0.15) is 0 Å². The molecule has 0 bridgehead atoms. The van der Waals surface area contributed by atoms with E-state index in [9.17, 15) is 0 Å². The summed E-state index contributed by atoms with van der Waals surface area (Å²) in [6, 6.07) is 0.627. The highest BCUT2D eigenvalue weighted by atomic mass is 32.2. The lowest BCUT2D eigenvalue weighted by Crippen LogP contribution is -2.40. The average Bonchev–Trinajstić information content (AvgIpc) is 2.67. The second kappa shape index (κ2) is 5.68. The lowest BCUT2D eigenvalue weighted by molar-refractivity contribution is 0.390. The smallest absolute Gasteiger partial charge is 0.208 e. The number of nitrogens with one attached hydrogen (secondary N) is 2. The summed E-state index contributed by atoms with van der Waals surface area (Å²) < 4.78 is 0. The Morgan fingerprint density at radius 2 is 2.25 bits per heavy atom. The lowest BCUT2D eigenvalue weighted by Gasteiger charge is -2.30. The van der Waals surface area contributed by atoms with Gasteiger partial charge in [-0.1, -0.05) is 31.5 Å². The van der Waals surface area contributed by atoms with Gasteiger partial charge in [-0.15, -0.1) is 5.10 Å². The maximum atomic E-state index is 4.37. The van der Waals surface area contributed by atoms with Crippen LogP contribution >= 0.6 is 11.8 Å². The summed E-state index contributed by atoms with van der Waals surface area (Å²) in [7, 11) is 0. The molecule has 1 fully saturated rings. The van der Waals surface area contributed by atoms with Crippen LogP contribution in [0.4, 0.5) is 0 Å². The van der Waals surface area contributed by atoms with Crippen LogP contribution in [-0.4, -0.2) is 33.0 Å². The number of aromatic nitrogens is 3. The van der Waals surface area contributed by atoms with Crippen LogP contribution in [0, 0.1) is 6.92 Å². The van der Waals surface area contributed by atoms with Gasteiger partial charge in [0, 0.05) is 11.3 Å². The number of rotatable bonds is 4. The fourth-order valence-electron chi connectivity index (χ4n) is 2.24. The quantitative estimate of drug-likeness (QED) is 0.846. The molecule has 0 saturated heterocycles. The number of hydrogen-bond acceptors (Lipinski definition) is 4. The molecule has 5 heteroatoms. The van der Waals surface area contributed by atoms with Crippen molar-refractivity contribution in [3.8, 4) is 0 Å². The van der Waals surface area contributed by atoms with Crippen molar-refractivity contribution in [2.45, 2.75) is 56.0 Å². The molecular formula is C11H20N4S. The van der Waals surface area contributed by atoms with Gasteiger partial charge in [-0.3, -0.25) is 5.10 Å². The number of aromatic amines is 1. The summed E-state index contributed by atoms with van der Waals surface area (Å²) in [5.74, 6) is 0.901. The van der Waals surface area contributed by atoms with Crippen LogP contribution in [0.15, 0.2) is 5.16 Å². The molecule has 0 spiro atoms. The minimum Gasteiger partial charge on any atom is -0.313 e. The number of hydrogen-bond donors (Lipinski definition) is 2. The summed E-state index contributed by atoms with van der Waals surface area (Å²) in [6.45, 7) is 5.17. The highest BCUT2D eigenvalue weighted by molar-refractivity contribution is 7.99. The molecule has 1 aromatic rings. The molecule has 0 aromatic carbocycles. The van der Waals surface area contributed by atoms with Gasteiger partial charge in [0.2, 0.25) is 5.16 Å². The topological polar surface area (TPSA) is 53.6 Å². The molecule has 0 radical (unpaired) electrons. The van der Waals surface area contributed by atoms with Crippen LogP contribution in [0.2, 0.25) is 0 Å². The molecule has 1 aliphatic rings. The van der Waals surface area contributed by atoms with Crippen molar-refractivity contribution in [2.75, 3.05) is 6.54 Å². The molecule has 1 aliphatic carbocycles. The highest BCUT2D eigenvalue weighted by Crippen LogP contribution is 2.32. The number of H-pyrrole nitrogens is 1. The van der Waals surface area contributed by atoms with Gasteiger partial charge in [0.15, 0.2) is 0 Å². The molecule has 2 atom stereocenters. The lowest BCUT2D eigenvalue weighted by atomic mass is 9.95. The number of thioether (sulfide) groups is 1. The Bertz CT molecular complexity index is 324. The van der Waals surface area contributed by atoms with Crippen molar-refractivity contribution in [1.29, 1.82) is 0 Å². The van der Waals surface area contributed by atoms with Crippen LogP contribution in [0.25, 0.3) is 0 Å². The van der Waals surface area contributed by atoms with Crippen molar-refractivity contribution in [3.63, 3.8) is 0 Å². The van der Waals surface area contributed by atoms with E-state index in [1.165, 1.54) is 25.7 Å². The molecule has 0 amide bonds. The summed E-state index contributed by atoms with van der Waals surface area (Å²) in [6.07, 6.45) is 5.25. The largest absolute Gasteiger partial charge is 0.313 e. The fraction of sp³-hybridized carbons (Fsp3) is 0.818. The van der Waals surface area contributed by atoms with Gasteiger partial charge < -0.3 is 5.32 Å². The predicted molar refractivity (Wildman–Crippen MR) is 66.7 cm³/mol. The number of aryl methyl sites for hydroxylation is 1. The van der Waals surface area contributed by atoms with Crippen molar-refractivity contribution in [1.82, 2.24) is 20.5 Å². The Morgan fingerprint density at radius 1 is 1.44 bits per heavy atom. The standard InChI is InChI=1S/C11H20N4S/c1-3-12-9-6-4-5-7-10(9)16-11-13-8(2)14-15-11/h9-10,12H,3-7H2,1-2H3,(H,13,14,15). The van der Waals surface area contributed by atoms with Crippen LogP contribution in [0.5, 0.6) is 0 Å². The van der Waals surface area contributed by atoms with E-state index in [0.29, 0.717) is 11.3 Å². The zero-order chi connectivity index (χ0) is 11.4. The normalized spacial score (nSPS) is 25.9. The third kappa shape index (κ3) is 2.98. The van der Waals surface area contributed by atoms with Gasteiger partial charge in [0.25, 0.3) is 0 Å². The molecular weight excluding hydrogens is 220 g/mol. The van der Waals surface area contributed by atoms with Gasteiger partial charge >= 0.3 is 0 Å². The van der Waals surface area contributed by atoms with E-state index < -0.39 is 0 Å². The van der Waals surface area contributed by atoms with Gasteiger partial charge in [0.05, 0.1) is 0 Å². The maximum absolute atomic E-state index is 4.37. The molecule has 2 rings (SSSR count). The first-order chi connectivity index (χ1) is 7.79. The Morgan fingerprint density at radius 3 is 2.94 bits per heavy atom. The summed E-state index contributed by atoms with van der Waals surface area (Å²) >= 11 is 1.82. The van der Waals surface area contributed by atoms with E-state index in [4.69, 9.17) is 0 Å². The maximum Gasteiger partial charge on any atom is 0.208 e. The predicted octanol–water partition coefficient (Wildman–Crippen LogP) is 2.13. The van der Waals surface area contributed by atoms with Crippen LogP contribution in [-0.2, 0) is 0 Å². The van der Waals surface area contributed by atoms with Crippen LogP contribution < -0.4 is 5.32 Å². The molecule has 0 aliphatic heterocycles. The summed E-state index contributed by atoms with van der Waals surface area (Å²) in [4.78, 5) is 4.37. The van der Waals surface area contributed by atoms with Gasteiger partial charge in [0.1, 0.15) is 5.82 Å². The molecule has 1 heterocycles. The van der Waals surface area contributed by atoms with Gasteiger partial charge in [-0.25, -0.2) is 4.98 Å². The highest BCUT2D eigenvalue weighted by Gasteiger charge is 2.26. The van der Waals surface area contributed by atoms with E-state index >= 15 is 0 Å². The van der Waals surface area contributed by atoms with E-state index in [2.05, 4.69) is 27.4 Å². The Balaban J connectivity index is 1.95. The Labute approximate surface area is 101 Å². The van der Waals surface area contributed by atoms with E-state index in [1.54, 1.807) is 0 Å². The second-order valence-corrected chi connectivity index (χ2v) is 5.51. The molecule has 2 N–H and O–H groups in total. The molecule has 4 nitrogen and oxygen atoms in total. The van der Waals surface area contributed by atoms with E-state index in [1.807, 2.05) is 18.7 Å². The summed E-state index contributed by atoms with van der Waals surface area (Å²) in [5.41, 5.74) is 0. The third-order valence-electron chi connectivity index (χ3n) is 3.00. The van der Waals surface area contributed by atoms with Crippen molar-refractivity contribution in [2.24, 2.45) is 0 Å². The van der Waals surface area contributed by atoms with Crippen molar-refractivity contribution >= 4 is 11.8 Å². The van der Waals surface area contributed by atoms with E-state index in [-0.39, 0.29) is 0 Å².